The first-order chi connectivity index (χ1) is 3.68. The summed E-state index contributed by atoms with van der Waals surface area (Å²) >= 11 is 9.37. The molecule has 0 aliphatic carbocycles. The number of nitrogens with zero attached hydrogens (tertiary/aromatic N) is 1. The summed E-state index contributed by atoms with van der Waals surface area (Å²) in [7, 11) is 3.70. The summed E-state index contributed by atoms with van der Waals surface area (Å²) in [5.74, 6) is 0. The maximum absolute atomic E-state index is 4.68. The average Bonchev–Trinajstić information content (AvgIpc) is 1.67. The van der Waals surface area contributed by atoms with Crippen LogP contribution in [0.15, 0.2) is 0 Å². The molecule has 0 aliphatic rings. The summed E-state index contributed by atoms with van der Waals surface area (Å²) in [6, 6.07) is 0. The third-order valence-electron chi connectivity index (χ3n) is 0.707. The number of hydrogen-bond donors (Lipinski definition) is 1. The third kappa shape index (κ3) is 7.60. The van der Waals surface area contributed by atoms with Crippen molar-refractivity contribution >= 4 is 29.2 Å². The molecule has 0 fully saturated rings. The first-order valence-corrected chi connectivity index (χ1v) is 3.07. The zero-order valence-corrected chi connectivity index (χ0v) is 10.7. The Morgan fingerprint density at radius 2 is 2.22 bits per heavy atom. The van der Waals surface area contributed by atoms with Crippen LogP contribution in [0.4, 0.5) is 0 Å². The second-order valence-electron chi connectivity index (χ2n) is 1.48. The molecule has 0 aromatic carbocycles. The molecule has 0 unspecified atom stereocenters. The molecular formula is C4H9KN2S2. The fraction of sp³-hybridized carbons (Fsp3) is 0.750. The van der Waals surface area contributed by atoms with Crippen molar-refractivity contribution in [3.63, 3.8) is 0 Å². The van der Waals surface area contributed by atoms with Gasteiger partial charge in [-0.3, -0.25) is 0 Å². The quantitative estimate of drug-likeness (QED) is 0.214. The van der Waals surface area contributed by atoms with Crippen molar-refractivity contribution < 1.29 is 51.4 Å². The molecule has 9 heavy (non-hydrogen) atoms. The molecule has 0 spiro atoms. The van der Waals surface area contributed by atoms with Crippen LogP contribution in [-0.4, -0.2) is 30.0 Å². The Labute approximate surface area is 110 Å². The van der Waals surface area contributed by atoms with Gasteiger partial charge in [-0.2, -0.15) is 0 Å². The van der Waals surface area contributed by atoms with Crippen LogP contribution in [0.1, 0.15) is 0 Å². The van der Waals surface area contributed by atoms with Gasteiger partial charge in [-0.25, -0.2) is 0 Å². The van der Waals surface area contributed by atoms with E-state index in [1.165, 1.54) is 0 Å². The van der Waals surface area contributed by atoms with E-state index in [4.69, 9.17) is 0 Å². The first kappa shape index (κ1) is 13.3. The largest absolute Gasteiger partial charge is 1.00 e. The topological polar surface area (TPSA) is 15.3 Å². The second kappa shape index (κ2) is 7.81. The van der Waals surface area contributed by atoms with Crippen LogP contribution < -0.4 is 56.7 Å². The Morgan fingerprint density at radius 1 is 1.78 bits per heavy atom. The van der Waals surface area contributed by atoms with Crippen LogP contribution in [0.3, 0.4) is 0 Å². The van der Waals surface area contributed by atoms with Gasteiger partial charge in [-0.05, 0) is 7.05 Å². The van der Waals surface area contributed by atoms with Crippen LogP contribution >= 0.6 is 12.2 Å². The summed E-state index contributed by atoms with van der Waals surface area (Å²) in [6.45, 7) is 0.725. The van der Waals surface area contributed by atoms with Gasteiger partial charge >= 0.3 is 51.4 Å². The van der Waals surface area contributed by atoms with Gasteiger partial charge in [0.1, 0.15) is 0 Å². The van der Waals surface area contributed by atoms with Crippen molar-refractivity contribution in [3.05, 3.63) is 0 Å². The summed E-state index contributed by atoms with van der Waals surface area (Å²) < 4.78 is 0.499. The van der Waals surface area contributed by atoms with E-state index in [2.05, 4.69) is 30.2 Å². The number of thiocarbonyl (C=S) groups is 1. The van der Waals surface area contributed by atoms with Crippen molar-refractivity contribution in [3.8, 4) is 0 Å². The Kier molecular flexibility index (Phi) is 11.5. The van der Waals surface area contributed by atoms with Gasteiger partial charge in [0, 0.05) is 7.05 Å². The van der Waals surface area contributed by atoms with E-state index < -0.39 is 0 Å². The molecular weight excluding hydrogens is 179 g/mol. The van der Waals surface area contributed by atoms with Gasteiger partial charge in [0.2, 0.25) is 0 Å². The molecule has 0 aliphatic heterocycles. The average molecular weight is 188 g/mol. The number of hydrogen-bond acceptors (Lipinski definition) is 3. The van der Waals surface area contributed by atoms with Crippen molar-refractivity contribution in [2.45, 2.75) is 0 Å². The van der Waals surface area contributed by atoms with E-state index in [-0.39, 0.29) is 51.4 Å². The van der Waals surface area contributed by atoms with E-state index in [0.29, 0.717) is 4.32 Å². The van der Waals surface area contributed by atoms with Gasteiger partial charge in [0.25, 0.3) is 0 Å². The molecule has 0 saturated carbocycles. The molecule has 5 heteroatoms. The monoisotopic (exact) mass is 188 g/mol. The summed E-state index contributed by atoms with van der Waals surface area (Å²) in [4.78, 5) is 1.78. The molecule has 0 atom stereocenters. The van der Waals surface area contributed by atoms with E-state index in [1.54, 1.807) is 4.90 Å². The molecule has 0 aromatic rings. The van der Waals surface area contributed by atoms with Crippen molar-refractivity contribution in [1.82, 2.24) is 10.2 Å². The summed E-state index contributed by atoms with van der Waals surface area (Å²) in [5.41, 5.74) is 0. The summed E-state index contributed by atoms with van der Waals surface area (Å²) in [6.07, 6.45) is 0. The van der Waals surface area contributed by atoms with Crippen LogP contribution in [-0.2, 0) is 12.6 Å². The molecule has 2 nitrogen and oxygen atoms in total. The summed E-state index contributed by atoms with van der Waals surface area (Å²) in [5, 5.41) is 2.92. The normalized spacial score (nSPS) is 7.78. The minimum atomic E-state index is 0. The predicted octanol–water partition coefficient (Wildman–Crippen LogP) is -3.07. The number of nitrogens with one attached hydrogen (secondary N) is 1. The fourth-order valence-corrected chi connectivity index (χ4v) is 0.431. The maximum Gasteiger partial charge on any atom is 1.00 e. The molecule has 0 amide bonds. The number of rotatable bonds is 2. The van der Waals surface area contributed by atoms with Crippen LogP contribution in [0.25, 0.3) is 0 Å². The van der Waals surface area contributed by atoms with E-state index in [9.17, 15) is 0 Å². The first-order valence-electron chi connectivity index (χ1n) is 2.25. The molecule has 1 N–H and O–H groups in total. The van der Waals surface area contributed by atoms with Crippen LogP contribution in [0.2, 0.25) is 0 Å². The fourth-order valence-electron chi connectivity index (χ4n) is 0.302. The Balaban J connectivity index is 0. The van der Waals surface area contributed by atoms with Gasteiger partial charge in [0.05, 0.1) is 6.67 Å². The zero-order chi connectivity index (χ0) is 6.57. The molecule has 0 rings (SSSR count). The molecule has 0 bridgehead atoms. The Bertz CT molecular complexity index is 88.6. The molecule has 0 saturated heterocycles. The van der Waals surface area contributed by atoms with Gasteiger partial charge in [0.15, 0.2) is 0 Å². The molecule has 0 radical (unpaired) electrons. The van der Waals surface area contributed by atoms with Crippen molar-refractivity contribution in [2.75, 3.05) is 20.8 Å². The zero-order valence-electron chi connectivity index (χ0n) is 5.97. The minimum Gasteiger partial charge on any atom is -0.411 e. The molecule has 48 valence electrons. The van der Waals surface area contributed by atoms with Crippen LogP contribution in [0.5, 0.6) is 0 Å². The van der Waals surface area contributed by atoms with Gasteiger partial charge in [-0.15, -0.1) is 0 Å². The Hall–Kier alpha value is 1.71. The molecule has 0 heterocycles. The smallest absolute Gasteiger partial charge is 0.411 e. The second-order valence-corrected chi connectivity index (χ2v) is 2.51. The standard InChI is InChI=1S/C4H10N2S2.K/c1-5-3-6(2)4(7)8;/h5H,3H2,1-2H3,(H,7,8);/q;+1/p-1. The Morgan fingerprint density at radius 3 is 2.33 bits per heavy atom. The van der Waals surface area contributed by atoms with Gasteiger partial charge in [-0.1, -0.05) is 4.32 Å². The predicted molar refractivity (Wildman–Crippen MR) is 41.7 cm³/mol. The van der Waals surface area contributed by atoms with E-state index >= 15 is 0 Å². The van der Waals surface area contributed by atoms with Gasteiger partial charge < -0.3 is 35.1 Å². The molecule has 0 aromatic heterocycles. The third-order valence-corrected chi connectivity index (χ3v) is 1.33. The van der Waals surface area contributed by atoms with E-state index in [1.807, 2.05) is 14.1 Å². The van der Waals surface area contributed by atoms with E-state index in [0.717, 1.165) is 6.67 Å². The van der Waals surface area contributed by atoms with Crippen molar-refractivity contribution in [1.29, 1.82) is 0 Å². The SMILES string of the molecule is CNCN(C)C(=S)[S-].[K+]. The van der Waals surface area contributed by atoms with Crippen LogP contribution in [0, 0.1) is 0 Å². The van der Waals surface area contributed by atoms with Crippen molar-refractivity contribution in [2.24, 2.45) is 0 Å². The minimum absolute atomic E-state index is 0. The maximum atomic E-state index is 4.68.